The zero-order valence-electron chi connectivity index (χ0n) is 57.0. The first kappa shape index (κ1) is 77.8. The Kier molecular flexibility index (Phi) is 29.1. The summed E-state index contributed by atoms with van der Waals surface area (Å²) in [6.45, 7) is 9.59. The number of amides is 9. The number of H-pyrrole nitrogens is 3. The second kappa shape index (κ2) is 37.5. The van der Waals surface area contributed by atoms with E-state index in [4.69, 9.17) is 40.1 Å². The topological polar surface area (TPSA) is 566 Å². The average molecular weight is 1390 g/mol. The molecule has 3 heterocycles. The lowest BCUT2D eigenvalue weighted by molar-refractivity contribution is -0.142. The van der Waals surface area contributed by atoms with E-state index in [-0.39, 0.29) is 95.3 Å². The zero-order chi connectivity index (χ0) is 73.3. The molecular formula is C67H96N22O11. The van der Waals surface area contributed by atoms with Gasteiger partial charge >= 0.3 is 5.97 Å². The van der Waals surface area contributed by atoms with Crippen molar-refractivity contribution in [3.63, 3.8) is 0 Å². The van der Waals surface area contributed by atoms with E-state index in [0.29, 0.717) is 22.0 Å². The second-order valence-electron chi connectivity index (χ2n) is 25.2. The molecule has 33 heteroatoms. The number of aromatic nitrogens is 3. The van der Waals surface area contributed by atoms with E-state index in [1.54, 1.807) is 76.6 Å². The number of carboxylic acids is 1. The van der Waals surface area contributed by atoms with Crippen LogP contribution in [0.25, 0.3) is 32.7 Å². The molecule has 0 saturated heterocycles. The predicted octanol–water partition coefficient (Wildman–Crippen LogP) is -1.55. The summed E-state index contributed by atoms with van der Waals surface area (Å²) < 4.78 is 0. The Morgan fingerprint density at radius 3 is 1.07 bits per heavy atom. The summed E-state index contributed by atoms with van der Waals surface area (Å²) in [5.41, 5.74) is 43.8. The highest BCUT2D eigenvalue weighted by Crippen LogP contribution is 2.23. The first-order valence-corrected chi connectivity index (χ1v) is 33.0. The van der Waals surface area contributed by atoms with Crippen LogP contribution in [0.1, 0.15) is 96.8 Å². The van der Waals surface area contributed by atoms with E-state index in [1.807, 2.05) is 42.5 Å². The van der Waals surface area contributed by atoms with Gasteiger partial charge < -0.3 is 108 Å². The molecule has 0 aliphatic heterocycles. The average Bonchev–Trinajstić information content (AvgIpc) is 1.72. The van der Waals surface area contributed by atoms with Gasteiger partial charge in [-0.2, -0.15) is 0 Å². The Hall–Kier alpha value is -11.2. The van der Waals surface area contributed by atoms with E-state index in [1.165, 1.54) is 13.8 Å². The first-order valence-electron chi connectivity index (χ1n) is 33.0. The monoisotopic (exact) mass is 1380 g/mol. The third-order valence-electron chi connectivity index (χ3n) is 16.6. The Labute approximate surface area is 577 Å². The van der Waals surface area contributed by atoms with Crippen LogP contribution in [0.5, 0.6) is 0 Å². The van der Waals surface area contributed by atoms with Crippen molar-refractivity contribution in [1.82, 2.24) is 62.8 Å². The third kappa shape index (κ3) is 23.2. The molecule has 540 valence electrons. The van der Waals surface area contributed by atoms with Crippen LogP contribution in [0.15, 0.2) is 106 Å². The Balaban J connectivity index is 1.19. The summed E-state index contributed by atoms with van der Waals surface area (Å²) in [5.74, 6) is -10.4. The molecule has 0 fully saturated rings. The maximum absolute atomic E-state index is 14.9. The number of nitrogens with one attached hydrogen (secondary N) is 12. The Morgan fingerprint density at radius 2 is 0.680 bits per heavy atom. The van der Waals surface area contributed by atoms with Crippen LogP contribution in [0.4, 0.5) is 0 Å². The predicted molar refractivity (Wildman–Crippen MR) is 380 cm³/mol. The summed E-state index contributed by atoms with van der Waals surface area (Å²) in [5, 5.41) is 36.5. The molecule has 3 aromatic carbocycles. The van der Waals surface area contributed by atoms with Crippen LogP contribution in [-0.4, -0.2) is 177 Å². The molecule has 0 spiro atoms. The number of nitrogens with zero attached hydrogens (tertiary/aromatic N) is 3. The molecule has 0 saturated carbocycles. The lowest BCUT2D eigenvalue weighted by Gasteiger charge is -2.28. The van der Waals surface area contributed by atoms with Gasteiger partial charge in [-0.05, 0) is 106 Å². The van der Waals surface area contributed by atoms with E-state index >= 15 is 0 Å². The molecular weight excluding hydrogens is 1290 g/mol. The molecule has 10 atom stereocenters. The fraction of sp³-hybridized carbons (Fsp3) is 0.448. The van der Waals surface area contributed by atoms with Crippen molar-refractivity contribution in [2.75, 3.05) is 19.6 Å². The SMILES string of the molecule is CC(C)[C@H](NC(=O)[C@H](C)NC(=O)[C@H](Cc1c[nH]c2ccccc12)NC(=O)[C@H](C)NC(=O)[C@@H](NC(=O)[C@@H](N)Cc1c[nH]c2ccccc12)C(C)C)C(=O)N[C@@H](Cc1c[nH]c2ccccc12)C(=O)N[C@@H](CCCN=C(N)N)C(=O)N[C@@H](CCCN=C(N)N)C(=O)N[C@@H](CCCN=C(N)N)C(=O)O. The minimum atomic E-state index is -1.47. The molecule has 9 amide bonds. The van der Waals surface area contributed by atoms with Crippen molar-refractivity contribution in [2.24, 2.45) is 66.9 Å². The Bertz CT molecular complexity index is 3920. The van der Waals surface area contributed by atoms with Crippen LogP contribution in [0, 0.1) is 11.8 Å². The van der Waals surface area contributed by atoms with Gasteiger partial charge in [0.15, 0.2) is 17.9 Å². The number of carboxylic acid groups (broad SMARTS) is 1. The molecule has 0 aliphatic rings. The molecule has 6 rings (SSSR count). The summed E-state index contributed by atoms with van der Waals surface area (Å²) in [4.78, 5) is 162. The number of aliphatic carboxylic acids is 1. The first-order chi connectivity index (χ1) is 47.5. The summed E-state index contributed by atoms with van der Waals surface area (Å²) in [6.07, 6.45) is 5.07. The van der Waals surface area contributed by atoms with Crippen molar-refractivity contribution in [1.29, 1.82) is 0 Å². The fourth-order valence-electron chi connectivity index (χ4n) is 11.1. The smallest absolute Gasteiger partial charge is 0.326 e. The highest BCUT2D eigenvalue weighted by molar-refractivity contribution is 6.00. The number of hydrogen-bond donors (Lipinski definition) is 20. The van der Waals surface area contributed by atoms with Crippen molar-refractivity contribution < 1.29 is 53.1 Å². The normalized spacial score (nSPS) is 14.3. The maximum atomic E-state index is 14.9. The van der Waals surface area contributed by atoms with Gasteiger partial charge in [0.1, 0.15) is 54.4 Å². The van der Waals surface area contributed by atoms with E-state index < -0.39 is 131 Å². The number of aliphatic imine (C=N–C) groups is 3. The molecule has 33 nitrogen and oxygen atoms in total. The van der Waals surface area contributed by atoms with Crippen LogP contribution >= 0.6 is 0 Å². The highest BCUT2D eigenvalue weighted by Gasteiger charge is 2.36. The van der Waals surface area contributed by atoms with Gasteiger partial charge in [0.2, 0.25) is 53.2 Å². The van der Waals surface area contributed by atoms with Crippen LogP contribution in [0.3, 0.4) is 0 Å². The molecule has 6 aromatic rings. The van der Waals surface area contributed by atoms with Crippen molar-refractivity contribution in [3.05, 3.63) is 108 Å². The third-order valence-corrected chi connectivity index (χ3v) is 16.6. The quantitative estimate of drug-likeness (QED) is 0.0118. The number of para-hydroxylation sites is 3. The summed E-state index contributed by atoms with van der Waals surface area (Å²) in [6, 6.07) is 8.75. The number of hydrogen-bond acceptors (Lipinski definition) is 14. The van der Waals surface area contributed by atoms with Crippen LogP contribution in [-0.2, 0) is 67.2 Å². The molecule has 100 heavy (non-hydrogen) atoms. The maximum Gasteiger partial charge on any atom is 0.326 e. The van der Waals surface area contributed by atoms with Gasteiger partial charge in [-0.1, -0.05) is 82.3 Å². The van der Waals surface area contributed by atoms with Gasteiger partial charge in [0, 0.05) is 83.8 Å². The lowest BCUT2D eigenvalue weighted by atomic mass is 9.99. The number of fused-ring (bicyclic) bond motifs is 3. The van der Waals surface area contributed by atoms with Crippen molar-refractivity contribution in [3.8, 4) is 0 Å². The van der Waals surface area contributed by atoms with E-state index in [9.17, 15) is 53.1 Å². The summed E-state index contributed by atoms with van der Waals surface area (Å²) >= 11 is 0. The van der Waals surface area contributed by atoms with Crippen LogP contribution < -0.4 is 88.0 Å². The standard InChI is InChI=1S/C67H96N22O11/c1-34(2)53(89-57(92)44(68)28-38-31-78-45-19-10-7-16-41(38)45)62(97)82-36(5)55(90)86-51(29-39-32-79-46-20-11-8-17-42(39)46)60(95)81-37(6)56(91)88-54(35(3)4)63(98)87-52(30-40-33-80-47-21-12-9-18-43(40)47)61(96)84-48(22-13-25-75-65(69)70)58(93)83-49(23-14-26-76-66(71)72)59(94)85-50(64(99)100)24-15-27-77-67(73)74/h7-12,16-21,31-37,44,48-54,78-80H,13-15,22-30,68H2,1-6H3,(H,81,95)(H,82,97)(H,83,93)(H,84,96)(H,85,94)(H,86,90)(H,87,98)(H,88,91)(H,89,92)(H,99,100)(H4,69,70,75)(H4,71,72,76)(H4,73,74,77)/t36-,37-,44-,48-,49-,50-,51-,52-,53-,54-/m0/s1. The van der Waals surface area contributed by atoms with Gasteiger partial charge in [-0.3, -0.25) is 58.1 Å². The molecule has 0 bridgehead atoms. The molecule has 0 unspecified atom stereocenters. The number of benzene rings is 3. The molecule has 3 aromatic heterocycles. The molecule has 27 N–H and O–H groups in total. The lowest BCUT2D eigenvalue weighted by Crippen LogP contribution is -2.61. The number of rotatable bonds is 39. The highest BCUT2D eigenvalue weighted by atomic mass is 16.4. The zero-order valence-corrected chi connectivity index (χ0v) is 57.0. The second-order valence-corrected chi connectivity index (χ2v) is 25.2. The number of nitrogens with two attached hydrogens (primary N) is 7. The van der Waals surface area contributed by atoms with Crippen LogP contribution in [0.2, 0.25) is 0 Å². The minimum Gasteiger partial charge on any atom is -0.480 e. The van der Waals surface area contributed by atoms with Gasteiger partial charge in [-0.15, -0.1) is 0 Å². The number of carbonyl (C=O) groups is 10. The minimum absolute atomic E-state index is 0.000593. The molecule has 0 radical (unpaired) electrons. The Morgan fingerprint density at radius 1 is 0.380 bits per heavy atom. The van der Waals surface area contributed by atoms with Gasteiger partial charge in [-0.25, -0.2) is 4.79 Å². The van der Waals surface area contributed by atoms with Gasteiger partial charge in [0.25, 0.3) is 0 Å². The van der Waals surface area contributed by atoms with Gasteiger partial charge in [0.05, 0.1) is 6.04 Å². The number of carbonyl (C=O) groups excluding carboxylic acids is 9. The number of guanidine groups is 3. The fourth-order valence-corrected chi connectivity index (χ4v) is 11.1. The largest absolute Gasteiger partial charge is 0.480 e. The summed E-state index contributed by atoms with van der Waals surface area (Å²) in [7, 11) is 0. The van der Waals surface area contributed by atoms with E-state index in [2.05, 4.69) is 77.8 Å². The van der Waals surface area contributed by atoms with Crippen molar-refractivity contribution >= 4 is 110 Å². The number of aromatic amines is 3. The van der Waals surface area contributed by atoms with Crippen molar-refractivity contribution in [2.45, 2.75) is 160 Å². The van der Waals surface area contributed by atoms with E-state index in [0.717, 1.165) is 27.4 Å². The molecule has 0 aliphatic carbocycles.